The van der Waals surface area contributed by atoms with E-state index in [9.17, 15) is 0 Å². The van der Waals surface area contributed by atoms with Crippen LogP contribution in [-0.2, 0) is 4.74 Å². The average Bonchev–Trinajstić information content (AvgIpc) is 3.37. The number of aromatic nitrogens is 4. The van der Waals surface area contributed by atoms with Crippen LogP contribution < -0.4 is 4.90 Å². The first-order valence-electron chi connectivity index (χ1n) is 9.29. The second-order valence-corrected chi connectivity index (χ2v) is 6.83. The fourth-order valence-corrected chi connectivity index (χ4v) is 3.63. The van der Waals surface area contributed by atoms with E-state index >= 15 is 0 Å². The highest BCUT2D eigenvalue weighted by molar-refractivity contribution is 5.40. The molecule has 0 radical (unpaired) electrons. The zero-order chi connectivity index (χ0) is 16.9. The van der Waals surface area contributed by atoms with Crippen molar-refractivity contribution in [3.8, 4) is 5.82 Å². The summed E-state index contributed by atoms with van der Waals surface area (Å²) in [6.07, 6.45) is 10.5. The summed E-state index contributed by atoms with van der Waals surface area (Å²) in [7, 11) is 0. The molecular weight excluding hydrogens is 316 g/mol. The SMILES string of the molecule is c1cn(-c2ccc(N3CCC(OCCN4CCCC4)CC3)nn2)cn1. The number of anilines is 1. The summed E-state index contributed by atoms with van der Waals surface area (Å²) in [5, 5.41) is 8.68. The van der Waals surface area contributed by atoms with Crippen molar-refractivity contribution in [1.29, 1.82) is 0 Å². The van der Waals surface area contributed by atoms with Gasteiger partial charge in [0.15, 0.2) is 11.6 Å². The molecular formula is C18H26N6O. The van der Waals surface area contributed by atoms with Gasteiger partial charge in [-0.15, -0.1) is 10.2 Å². The lowest BCUT2D eigenvalue weighted by Gasteiger charge is -2.32. The number of hydrogen-bond acceptors (Lipinski definition) is 6. The molecule has 2 aromatic heterocycles. The molecule has 0 aliphatic carbocycles. The maximum absolute atomic E-state index is 6.08. The van der Waals surface area contributed by atoms with Crippen LogP contribution in [0.25, 0.3) is 5.82 Å². The van der Waals surface area contributed by atoms with E-state index in [2.05, 4.69) is 25.0 Å². The number of rotatable bonds is 6. The molecule has 0 spiro atoms. The van der Waals surface area contributed by atoms with Gasteiger partial charge in [-0.2, -0.15) is 0 Å². The Morgan fingerprint density at radius 2 is 1.76 bits per heavy atom. The zero-order valence-electron chi connectivity index (χ0n) is 14.6. The lowest BCUT2D eigenvalue weighted by molar-refractivity contribution is 0.0265. The summed E-state index contributed by atoms with van der Waals surface area (Å²) in [5.74, 6) is 1.74. The highest BCUT2D eigenvalue weighted by atomic mass is 16.5. The zero-order valence-corrected chi connectivity index (χ0v) is 14.6. The predicted octanol–water partition coefficient (Wildman–Crippen LogP) is 1.74. The Morgan fingerprint density at radius 1 is 1.00 bits per heavy atom. The third-order valence-electron chi connectivity index (χ3n) is 5.13. The number of nitrogens with zero attached hydrogens (tertiary/aromatic N) is 6. The molecule has 0 amide bonds. The van der Waals surface area contributed by atoms with Crippen LogP contribution in [0.1, 0.15) is 25.7 Å². The van der Waals surface area contributed by atoms with Crippen LogP contribution in [0.15, 0.2) is 30.9 Å². The maximum atomic E-state index is 6.08. The molecule has 2 aliphatic heterocycles. The molecule has 4 rings (SSSR count). The largest absolute Gasteiger partial charge is 0.377 e. The first-order chi connectivity index (χ1) is 12.4. The molecule has 0 N–H and O–H groups in total. The molecule has 0 aromatic carbocycles. The van der Waals surface area contributed by atoms with Crippen LogP contribution in [0.5, 0.6) is 0 Å². The van der Waals surface area contributed by atoms with Gasteiger partial charge in [-0.3, -0.25) is 4.57 Å². The quantitative estimate of drug-likeness (QED) is 0.797. The minimum Gasteiger partial charge on any atom is -0.377 e. The molecule has 0 saturated carbocycles. The van der Waals surface area contributed by atoms with Crippen molar-refractivity contribution < 1.29 is 4.74 Å². The van der Waals surface area contributed by atoms with Crippen molar-refractivity contribution in [3.05, 3.63) is 30.9 Å². The van der Waals surface area contributed by atoms with Gasteiger partial charge in [0.1, 0.15) is 6.33 Å². The van der Waals surface area contributed by atoms with E-state index in [1.807, 2.05) is 22.9 Å². The van der Waals surface area contributed by atoms with Crippen LogP contribution >= 0.6 is 0 Å². The molecule has 25 heavy (non-hydrogen) atoms. The van der Waals surface area contributed by atoms with Gasteiger partial charge >= 0.3 is 0 Å². The third kappa shape index (κ3) is 4.16. The first-order valence-corrected chi connectivity index (χ1v) is 9.29. The van der Waals surface area contributed by atoms with Gasteiger partial charge < -0.3 is 14.5 Å². The number of imidazole rings is 1. The highest BCUT2D eigenvalue weighted by Gasteiger charge is 2.21. The van der Waals surface area contributed by atoms with Gasteiger partial charge in [0, 0.05) is 32.0 Å². The van der Waals surface area contributed by atoms with E-state index in [0.29, 0.717) is 6.10 Å². The molecule has 134 valence electrons. The van der Waals surface area contributed by atoms with E-state index in [1.165, 1.54) is 25.9 Å². The van der Waals surface area contributed by atoms with Gasteiger partial charge in [-0.05, 0) is 50.9 Å². The van der Waals surface area contributed by atoms with E-state index in [4.69, 9.17) is 4.74 Å². The molecule has 4 heterocycles. The van der Waals surface area contributed by atoms with Gasteiger partial charge in [0.25, 0.3) is 0 Å². The van der Waals surface area contributed by atoms with Crippen molar-refractivity contribution in [2.24, 2.45) is 0 Å². The Hall–Kier alpha value is -1.99. The van der Waals surface area contributed by atoms with E-state index in [1.54, 1.807) is 12.5 Å². The molecule has 0 unspecified atom stereocenters. The average molecular weight is 342 g/mol. The van der Waals surface area contributed by atoms with Crippen molar-refractivity contribution in [3.63, 3.8) is 0 Å². The summed E-state index contributed by atoms with van der Waals surface area (Å²) < 4.78 is 7.94. The summed E-state index contributed by atoms with van der Waals surface area (Å²) in [5.41, 5.74) is 0. The Bertz CT molecular complexity index is 630. The molecule has 7 heteroatoms. The van der Waals surface area contributed by atoms with E-state index in [0.717, 1.165) is 50.7 Å². The topological polar surface area (TPSA) is 59.3 Å². The van der Waals surface area contributed by atoms with Gasteiger partial charge in [-0.1, -0.05) is 0 Å². The van der Waals surface area contributed by atoms with Crippen LogP contribution in [0.2, 0.25) is 0 Å². The van der Waals surface area contributed by atoms with Crippen molar-refractivity contribution >= 4 is 5.82 Å². The van der Waals surface area contributed by atoms with E-state index in [-0.39, 0.29) is 0 Å². The molecule has 7 nitrogen and oxygen atoms in total. The van der Waals surface area contributed by atoms with Crippen LogP contribution in [-0.4, -0.2) is 70.1 Å². The van der Waals surface area contributed by atoms with Crippen LogP contribution in [0.4, 0.5) is 5.82 Å². The van der Waals surface area contributed by atoms with Crippen molar-refractivity contribution in [1.82, 2.24) is 24.6 Å². The van der Waals surface area contributed by atoms with Crippen molar-refractivity contribution in [2.45, 2.75) is 31.8 Å². The molecule has 2 aliphatic rings. The summed E-state index contributed by atoms with van der Waals surface area (Å²) in [6, 6.07) is 4.03. The van der Waals surface area contributed by atoms with Crippen molar-refractivity contribution in [2.75, 3.05) is 44.2 Å². The second kappa shape index (κ2) is 7.93. The number of hydrogen-bond donors (Lipinski definition) is 0. The fourth-order valence-electron chi connectivity index (χ4n) is 3.63. The van der Waals surface area contributed by atoms with Gasteiger partial charge in [0.2, 0.25) is 0 Å². The van der Waals surface area contributed by atoms with Crippen LogP contribution in [0, 0.1) is 0 Å². The summed E-state index contributed by atoms with van der Waals surface area (Å²) >= 11 is 0. The molecule has 2 saturated heterocycles. The molecule has 0 bridgehead atoms. The molecule has 2 fully saturated rings. The second-order valence-electron chi connectivity index (χ2n) is 6.83. The lowest BCUT2D eigenvalue weighted by atomic mass is 10.1. The monoisotopic (exact) mass is 342 g/mol. The highest BCUT2D eigenvalue weighted by Crippen LogP contribution is 2.20. The third-order valence-corrected chi connectivity index (χ3v) is 5.13. The fraction of sp³-hybridized carbons (Fsp3) is 0.611. The molecule has 0 atom stereocenters. The Morgan fingerprint density at radius 3 is 2.44 bits per heavy atom. The summed E-state index contributed by atoms with van der Waals surface area (Å²) in [6.45, 7) is 6.40. The maximum Gasteiger partial charge on any atom is 0.160 e. The summed E-state index contributed by atoms with van der Waals surface area (Å²) in [4.78, 5) is 8.84. The molecule has 2 aromatic rings. The Balaban J connectivity index is 1.23. The number of ether oxygens (including phenoxy) is 1. The lowest BCUT2D eigenvalue weighted by Crippen LogP contribution is -2.38. The van der Waals surface area contributed by atoms with Crippen LogP contribution in [0.3, 0.4) is 0 Å². The number of likely N-dealkylation sites (tertiary alicyclic amines) is 1. The standard InChI is InChI=1S/C18H26N6O/c1-2-9-22(8-1)13-14-25-16-5-10-23(11-6-16)17-3-4-18(21-20-17)24-12-7-19-15-24/h3-4,7,12,15-16H,1-2,5-6,8-11,13-14H2. The number of piperidine rings is 1. The Kier molecular flexibility index (Phi) is 5.22. The minimum atomic E-state index is 0.386. The Labute approximate surface area is 148 Å². The van der Waals surface area contributed by atoms with Gasteiger partial charge in [0.05, 0.1) is 12.7 Å². The van der Waals surface area contributed by atoms with Gasteiger partial charge in [-0.25, -0.2) is 4.98 Å². The first kappa shape index (κ1) is 16.5. The van der Waals surface area contributed by atoms with E-state index < -0.39 is 0 Å². The minimum absolute atomic E-state index is 0.386. The predicted molar refractivity (Wildman–Crippen MR) is 96.0 cm³/mol. The normalized spacial score (nSPS) is 19.6. The smallest absolute Gasteiger partial charge is 0.160 e.